The van der Waals surface area contributed by atoms with Gasteiger partial charge in [0.2, 0.25) is 0 Å². The highest BCUT2D eigenvalue weighted by molar-refractivity contribution is 5.45. The van der Waals surface area contributed by atoms with Crippen LogP contribution in [-0.2, 0) is 0 Å². The Morgan fingerprint density at radius 2 is 1.24 bits per heavy atom. The molecule has 2 nitrogen and oxygen atoms in total. The Labute approximate surface area is 103 Å². The van der Waals surface area contributed by atoms with Gasteiger partial charge in [-0.05, 0) is 24.3 Å². The van der Waals surface area contributed by atoms with Crippen LogP contribution in [0.15, 0.2) is 54.6 Å². The second-order valence-electron chi connectivity index (χ2n) is 4.92. The van der Waals surface area contributed by atoms with Gasteiger partial charge >= 0.3 is 0 Å². The molecule has 0 aromatic heterocycles. The van der Waals surface area contributed by atoms with Crippen LogP contribution in [-0.4, -0.2) is 21.1 Å². The van der Waals surface area contributed by atoms with Crippen molar-refractivity contribution in [2.75, 3.05) is 21.1 Å². The largest absolute Gasteiger partial charge is 0.457 e. The topological polar surface area (TPSA) is 9.23 Å². The molecule has 0 aliphatic carbocycles. The summed E-state index contributed by atoms with van der Waals surface area (Å²) in [5.41, 5.74) is 1.26. The van der Waals surface area contributed by atoms with E-state index in [2.05, 4.69) is 33.3 Å². The average molecular weight is 228 g/mol. The van der Waals surface area contributed by atoms with Gasteiger partial charge in [0.15, 0.2) is 0 Å². The number of hydrogen-bond donors (Lipinski definition) is 0. The van der Waals surface area contributed by atoms with Crippen molar-refractivity contribution >= 4 is 5.69 Å². The summed E-state index contributed by atoms with van der Waals surface area (Å²) in [7, 11) is 6.44. The zero-order valence-electron chi connectivity index (χ0n) is 10.6. The van der Waals surface area contributed by atoms with E-state index >= 15 is 0 Å². The standard InChI is InChI=1S/C15H18NO/c1-16(2,3)13-9-11-15(12-10-13)17-14-7-5-4-6-8-14/h4-12H,1-3H3/q+1. The maximum absolute atomic E-state index is 5.74. The minimum atomic E-state index is 0.811. The summed E-state index contributed by atoms with van der Waals surface area (Å²) in [6.45, 7) is 0. The monoisotopic (exact) mass is 228 g/mol. The van der Waals surface area contributed by atoms with E-state index in [9.17, 15) is 0 Å². The third-order valence-electron chi connectivity index (χ3n) is 2.59. The first-order valence-corrected chi connectivity index (χ1v) is 5.71. The first kappa shape index (κ1) is 11.7. The maximum Gasteiger partial charge on any atom is 0.132 e. The maximum atomic E-state index is 5.74. The zero-order valence-corrected chi connectivity index (χ0v) is 10.6. The highest BCUT2D eigenvalue weighted by Crippen LogP contribution is 2.24. The average Bonchev–Trinajstić information content (AvgIpc) is 2.30. The van der Waals surface area contributed by atoms with Crippen LogP contribution in [0.3, 0.4) is 0 Å². The zero-order chi connectivity index (χ0) is 12.3. The fourth-order valence-corrected chi connectivity index (χ4v) is 1.59. The minimum absolute atomic E-state index is 0.811. The van der Waals surface area contributed by atoms with E-state index in [1.54, 1.807) is 0 Å². The van der Waals surface area contributed by atoms with Crippen LogP contribution in [0.4, 0.5) is 5.69 Å². The van der Waals surface area contributed by atoms with Crippen LogP contribution in [0.25, 0.3) is 0 Å². The summed E-state index contributed by atoms with van der Waals surface area (Å²) in [6, 6.07) is 18.0. The van der Waals surface area contributed by atoms with Gasteiger partial charge in [0.25, 0.3) is 0 Å². The first-order chi connectivity index (χ1) is 8.05. The van der Waals surface area contributed by atoms with Crippen molar-refractivity contribution in [3.05, 3.63) is 54.6 Å². The Balaban J connectivity index is 2.14. The molecule has 0 amide bonds. The van der Waals surface area contributed by atoms with Gasteiger partial charge in [0.1, 0.15) is 17.2 Å². The summed E-state index contributed by atoms with van der Waals surface area (Å²) in [6.07, 6.45) is 0. The SMILES string of the molecule is C[N+](C)(C)c1ccc(Oc2ccccc2)cc1. The number of rotatable bonds is 3. The molecule has 0 saturated carbocycles. The Hall–Kier alpha value is -1.80. The number of nitrogens with zero attached hydrogens (tertiary/aromatic N) is 1. The molecule has 0 aliphatic heterocycles. The molecule has 2 aromatic carbocycles. The van der Waals surface area contributed by atoms with Crippen molar-refractivity contribution in [3.63, 3.8) is 0 Å². The van der Waals surface area contributed by atoms with Crippen molar-refractivity contribution in [3.8, 4) is 11.5 Å². The molecule has 0 heterocycles. The lowest BCUT2D eigenvalue weighted by molar-refractivity contribution is 0.474. The molecule has 0 radical (unpaired) electrons. The molecular formula is C15H18NO+. The fourth-order valence-electron chi connectivity index (χ4n) is 1.59. The van der Waals surface area contributed by atoms with Gasteiger partial charge in [0, 0.05) is 12.1 Å². The molecule has 0 bridgehead atoms. The second-order valence-corrected chi connectivity index (χ2v) is 4.92. The van der Waals surface area contributed by atoms with Crippen molar-refractivity contribution < 1.29 is 4.74 Å². The highest BCUT2D eigenvalue weighted by Gasteiger charge is 2.11. The van der Waals surface area contributed by atoms with E-state index in [-0.39, 0.29) is 0 Å². The Morgan fingerprint density at radius 3 is 1.76 bits per heavy atom. The van der Waals surface area contributed by atoms with Gasteiger partial charge in [-0.3, -0.25) is 4.48 Å². The lowest BCUT2D eigenvalue weighted by Crippen LogP contribution is -2.34. The van der Waals surface area contributed by atoms with Crippen LogP contribution in [0, 0.1) is 0 Å². The van der Waals surface area contributed by atoms with Crippen molar-refractivity contribution in [2.45, 2.75) is 0 Å². The molecular weight excluding hydrogens is 210 g/mol. The summed E-state index contributed by atoms with van der Waals surface area (Å²) < 4.78 is 6.55. The lowest BCUT2D eigenvalue weighted by atomic mass is 10.2. The summed E-state index contributed by atoms with van der Waals surface area (Å²) in [4.78, 5) is 0. The normalized spacial score (nSPS) is 11.2. The molecule has 88 valence electrons. The number of quaternary nitrogens is 1. The Morgan fingerprint density at radius 1 is 0.706 bits per heavy atom. The quantitative estimate of drug-likeness (QED) is 0.728. The second kappa shape index (κ2) is 4.60. The molecule has 0 unspecified atom stereocenters. The first-order valence-electron chi connectivity index (χ1n) is 5.71. The summed E-state index contributed by atoms with van der Waals surface area (Å²) in [5.74, 6) is 1.74. The highest BCUT2D eigenvalue weighted by atomic mass is 16.5. The third kappa shape index (κ3) is 3.08. The van der Waals surface area contributed by atoms with E-state index < -0.39 is 0 Å². The molecule has 0 spiro atoms. The van der Waals surface area contributed by atoms with E-state index in [0.717, 1.165) is 16.0 Å². The van der Waals surface area contributed by atoms with Gasteiger partial charge in [-0.2, -0.15) is 0 Å². The van der Waals surface area contributed by atoms with Crippen LogP contribution in [0.1, 0.15) is 0 Å². The van der Waals surface area contributed by atoms with Gasteiger partial charge in [-0.25, -0.2) is 0 Å². The van der Waals surface area contributed by atoms with Crippen molar-refractivity contribution in [2.24, 2.45) is 0 Å². The van der Waals surface area contributed by atoms with Crippen LogP contribution in [0.2, 0.25) is 0 Å². The molecule has 2 rings (SSSR count). The summed E-state index contributed by atoms with van der Waals surface area (Å²) >= 11 is 0. The number of para-hydroxylation sites is 1. The molecule has 0 atom stereocenters. The Kier molecular flexibility index (Phi) is 3.16. The predicted molar refractivity (Wildman–Crippen MR) is 72.5 cm³/mol. The van der Waals surface area contributed by atoms with E-state index in [0.29, 0.717) is 0 Å². The fraction of sp³-hybridized carbons (Fsp3) is 0.200. The van der Waals surface area contributed by atoms with Gasteiger partial charge in [0.05, 0.1) is 21.1 Å². The van der Waals surface area contributed by atoms with Crippen molar-refractivity contribution in [1.82, 2.24) is 4.48 Å². The molecule has 0 N–H and O–H groups in total. The molecule has 0 saturated heterocycles. The minimum Gasteiger partial charge on any atom is -0.457 e. The third-order valence-corrected chi connectivity index (χ3v) is 2.59. The molecule has 0 aliphatic rings. The van der Waals surface area contributed by atoms with E-state index in [1.165, 1.54) is 5.69 Å². The number of ether oxygens (including phenoxy) is 1. The molecule has 2 heteroatoms. The van der Waals surface area contributed by atoms with Crippen molar-refractivity contribution in [1.29, 1.82) is 0 Å². The summed E-state index contributed by atoms with van der Waals surface area (Å²) in [5, 5.41) is 0. The van der Waals surface area contributed by atoms with Gasteiger partial charge in [-0.1, -0.05) is 18.2 Å². The molecule has 2 aromatic rings. The number of benzene rings is 2. The van der Waals surface area contributed by atoms with Gasteiger partial charge < -0.3 is 4.74 Å². The predicted octanol–water partition coefficient (Wildman–Crippen LogP) is 3.68. The smallest absolute Gasteiger partial charge is 0.132 e. The lowest BCUT2D eigenvalue weighted by Gasteiger charge is -2.23. The molecule has 17 heavy (non-hydrogen) atoms. The van der Waals surface area contributed by atoms with E-state index in [4.69, 9.17) is 4.74 Å². The Bertz CT molecular complexity index is 469. The van der Waals surface area contributed by atoms with Crippen LogP contribution < -0.4 is 9.22 Å². The van der Waals surface area contributed by atoms with Crippen LogP contribution in [0.5, 0.6) is 11.5 Å². The van der Waals surface area contributed by atoms with Gasteiger partial charge in [-0.15, -0.1) is 0 Å². The van der Waals surface area contributed by atoms with E-state index in [1.807, 2.05) is 42.5 Å². The number of hydrogen-bond acceptors (Lipinski definition) is 1. The van der Waals surface area contributed by atoms with Crippen LogP contribution >= 0.6 is 0 Å². The molecule has 0 fully saturated rings.